The second-order valence-corrected chi connectivity index (χ2v) is 11.6. The molecule has 2 aromatic carbocycles. The number of hydrogen-bond donors (Lipinski definition) is 3. The number of benzene rings is 2. The zero-order valence-corrected chi connectivity index (χ0v) is 24.0. The number of anilines is 3. The largest absolute Gasteiger partial charge is 0.495 e. The van der Waals surface area contributed by atoms with Crippen molar-refractivity contribution in [3.8, 4) is 5.75 Å². The van der Waals surface area contributed by atoms with Crippen LogP contribution in [0.15, 0.2) is 53.4 Å². The molecule has 0 aliphatic heterocycles. The van der Waals surface area contributed by atoms with Crippen LogP contribution in [0.5, 0.6) is 5.75 Å². The Morgan fingerprint density at radius 3 is 2.66 bits per heavy atom. The topological polar surface area (TPSA) is 88.7 Å². The Labute approximate surface area is 236 Å². The van der Waals surface area contributed by atoms with Crippen LogP contribution in [0.3, 0.4) is 0 Å². The number of carbonyl (C=O) groups excluding carboxylic acids is 2. The van der Waals surface area contributed by atoms with Crippen LogP contribution >= 0.6 is 35.3 Å². The highest BCUT2D eigenvalue weighted by molar-refractivity contribution is 8.00. The van der Waals surface area contributed by atoms with Gasteiger partial charge in [0, 0.05) is 15.5 Å². The van der Waals surface area contributed by atoms with Crippen molar-refractivity contribution in [1.29, 1.82) is 0 Å². The number of carbonyl (C=O) groups is 2. The molecule has 4 rings (SSSR count). The first-order valence-corrected chi connectivity index (χ1v) is 14.6. The van der Waals surface area contributed by atoms with Gasteiger partial charge in [0.2, 0.25) is 5.91 Å². The van der Waals surface area contributed by atoms with Gasteiger partial charge in [0.25, 0.3) is 0 Å². The summed E-state index contributed by atoms with van der Waals surface area (Å²) in [4.78, 5) is 28.0. The van der Waals surface area contributed by atoms with Crippen molar-refractivity contribution in [2.45, 2.75) is 49.7 Å². The van der Waals surface area contributed by atoms with Gasteiger partial charge in [-0.15, -0.1) is 23.1 Å². The number of hydrogen-bond acceptors (Lipinski definition) is 7. The van der Waals surface area contributed by atoms with Crippen LogP contribution in [0.25, 0.3) is 0 Å². The van der Waals surface area contributed by atoms with Gasteiger partial charge in [0.05, 0.1) is 30.2 Å². The summed E-state index contributed by atoms with van der Waals surface area (Å²) < 4.78 is 10.7. The van der Waals surface area contributed by atoms with Crippen LogP contribution in [0.1, 0.15) is 47.5 Å². The summed E-state index contributed by atoms with van der Waals surface area (Å²) in [6.45, 7) is 3.94. The minimum absolute atomic E-state index is 0.161. The van der Waals surface area contributed by atoms with Crippen molar-refractivity contribution >= 4 is 68.7 Å². The van der Waals surface area contributed by atoms with Gasteiger partial charge in [-0.05, 0) is 87.6 Å². The molecule has 1 aliphatic carbocycles. The van der Waals surface area contributed by atoms with E-state index in [0.29, 0.717) is 28.0 Å². The average molecular weight is 570 g/mol. The number of fused-ring (bicyclic) bond motifs is 1. The van der Waals surface area contributed by atoms with E-state index in [-0.39, 0.29) is 11.9 Å². The van der Waals surface area contributed by atoms with E-state index in [9.17, 15) is 9.59 Å². The van der Waals surface area contributed by atoms with Crippen molar-refractivity contribution in [3.63, 3.8) is 0 Å². The molecule has 0 radical (unpaired) electrons. The predicted molar refractivity (Wildman–Crippen MR) is 160 cm³/mol. The van der Waals surface area contributed by atoms with Crippen LogP contribution in [-0.4, -0.2) is 36.0 Å². The number of para-hydroxylation sites is 2. The maximum atomic E-state index is 13.2. The van der Waals surface area contributed by atoms with Crippen LogP contribution in [0.2, 0.25) is 0 Å². The first kappa shape index (κ1) is 27.9. The molecule has 1 unspecified atom stereocenters. The highest BCUT2D eigenvalue weighted by Crippen LogP contribution is 2.39. The third-order valence-corrected chi connectivity index (χ3v) is 8.52. The number of thiophene rings is 1. The monoisotopic (exact) mass is 569 g/mol. The molecule has 0 fully saturated rings. The maximum Gasteiger partial charge on any atom is 0.341 e. The molecule has 38 heavy (non-hydrogen) atoms. The second-order valence-electron chi connectivity index (χ2n) is 8.69. The molecule has 1 heterocycles. The van der Waals surface area contributed by atoms with Crippen LogP contribution in [-0.2, 0) is 22.4 Å². The van der Waals surface area contributed by atoms with Gasteiger partial charge < -0.3 is 25.4 Å². The van der Waals surface area contributed by atoms with Gasteiger partial charge in [-0.1, -0.05) is 18.2 Å². The van der Waals surface area contributed by atoms with E-state index < -0.39 is 5.25 Å². The molecule has 0 saturated carbocycles. The van der Waals surface area contributed by atoms with Gasteiger partial charge in [0.1, 0.15) is 10.8 Å². The van der Waals surface area contributed by atoms with Crippen molar-refractivity contribution < 1.29 is 19.1 Å². The van der Waals surface area contributed by atoms with Crippen molar-refractivity contribution in [2.24, 2.45) is 0 Å². The van der Waals surface area contributed by atoms with Gasteiger partial charge in [-0.25, -0.2) is 4.79 Å². The SMILES string of the molecule is CCOC(=O)c1c(NC(=O)C(C)Sc2cccc(NC(=S)Nc3ccccc3OC)c2)sc2c1CCCC2. The van der Waals surface area contributed by atoms with E-state index in [1.54, 1.807) is 14.0 Å². The third kappa shape index (κ3) is 6.86. The molecular formula is C28H31N3O4S3. The molecule has 1 aliphatic rings. The number of esters is 1. The lowest BCUT2D eigenvalue weighted by molar-refractivity contribution is -0.115. The summed E-state index contributed by atoms with van der Waals surface area (Å²) in [5, 5.41) is 9.97. The Hall–Kier alpha value is -3.08. The smallest absolute Gasteiger partial charge is 0.341 e. The number of thiocarbonyl (C=S) groups is 1. The van der Waals surface area contributed by atoms with Crippen LogP contribution in [0.4, 0.5) is 16.4 Å². The van der Waals surface area contributed by atoms with Crippen molar-refractivity contribution in [3.05, 3.63) is 64.5 Å². The molecule has 0 spiro atoms. The summed E-state index contributed by atoms with van der Waals surface area (Å²) in [5.41, 5.74) is 3.12. The zero-order valence-electron chi connectivity index (χ0n) is 21.6. The molecule has 0 bridgehead atoms. The van der Waals surface area contributed by atoms with Crippen molar-refractivity contribution in [2.75, 3.05) is 29.7 Å². The Kier molecular flexibility index (Phi) is 9.65. The van der Waals surface area contributed by atoms with E-state index in [1.165, 1.54) is 28.0 Å². The molecule has 3 aromatic rings. The minimum Gasteiger partial charge on any atom is -0.495 e. The fourth-order valence-corrected chi connectivity index (χ4v) is 6.66. The van der Waals surface area contributed by atoms with E-state index in [0.717, 1.165) is 47.5 Å². The highest BCUT2D eigenvalue weighted by atomic mass is 32.2. The summed E-state index contributed by atoms with van der Waals surface area (Å²) in [6, 6.07) is 15.2. The third-order valence-electron chi connectivity index (χ3n) is 6.02. The number of nitrogens with one attached hydrogen (secondary N) is 3. The number of ether oxygens (including phenoxy) is 2. The second kappa shape index (κ2) is 13.1. The maximum absolute atomic E-state index is 13.2. The predicted octanol–water partition coefficient (Wildman–Crippen LogP) is 6.74. The molecule has 1 aromatic heterocycles. The van der Waals surface area contributed by atoms with Crippen molar-refractivity contribution in [1.82, 2.24) is 0 Å². The first-order valence-electron chi connectivity index (χ1n) is 12.5. The van der Waals surface area contributed by atoms with E-state index in [1.807, 2.05) is 55.5 Å². The Balaban J connectivity index is 1.40. The zero-order chi connectivity index (χ0) is 27.1. The molecule has 200 valence electrons. The molecule has 3 N–H and O–H groups in total. The summed E-state index contributed by atoms with van der Waals surface area (Å²) >= 11 is 8.41. The molecule has 0 saturated heterocycles. The first-order chi connectivity index (χ1) is 18.4. The van der Waals surface area contributed by atoms with E-state index in [4.69, 9.17) is 21.7 Å². The normalized spacial score (nSPS) is 13.1. The lowest BCUT2D eigenvalue weighted by atomic mass is 9.95. The lowest BCUT2D eigenvalue weighted by Gasteiger charge is -2.15. The van der Waals surface area contributed by atoms with Crippen LogP contribution in [0, 0.1) is 0 Å². The Bertz CT molecular complexity index is 1320. The number of methoxy groups -OCH3 is 1. The molecule has 1 atom stereocenters. The minimum atomic E-state index is -0.391. The summed E-state index contributed by atoms with van der Waals surface area (Å²) in [6.07, 6.45) is 3.91. The van der Waals surface area contributed by atoms with Gasteiger partial charge in [-0.3, -0.25) is 4.79 Å². The Morgan fingerprint density at radius 2 is 1.87 bits per heavy atom. The van der Waals surface area contributed by atoms with Crippen LogP contribution < -0.4 is 20.7 Å². The standard InChI is InChI=1S/C28H31N3O4S3/c1-4-35-27(33)24-20-12-5-8-15-23(20)38-26(24)31-25(32)17(2)37-19-11-9-10-18(16-19)29-28(36)30-21-13-6-7-14-22(21)34-3/h6-7,9-11,13-14,16-17H,4-5,8,12,15H2,1-3H3,(H,31,32)(H2,29,30,36). The van der Waals surface area contributed by atoms with Gasteiger partial charge in [-0.2, -0.15) is 0 Å². The van der Waals surface area contributed by atoms with E-state index >= 15 is 0 Å². The number of rotatable bonds is 9. The summed E-state index contributed by atoms with van der Waals surface area (Å²) in [7, 11) is 1.61. The molecule has 1 amide bonds. The lowest BCUT2D eigenvalue weighted by Crippen LogP contribution is -2.23. The molecular weight excluding hydrogens is 539 g/mol. The molecule has 10 heteroatoms. The fourth-order valence-electron chi connectivity index (χ4n) is 4.22. The Morgan fingerprint density at radius 1 is 1.08 bits per heavy atom. The number of thioether (sulfide) groups is 1. The fraction of sp³-hybridized carbons (Fsp3) is 0.321. The van der Waals surface area contributed by atoms with E-state index in [2.05, 4.69) is 16.0 Å². The molecule has 7 nitrogen and oxygen atoms in total. The van der Waals surface area contributed by atoms with Gasteiger partial charge >= 0.3 is 5.97 Å². The quantitative estimate of drug-likeness (QED) is 0.148. The van der Waals surface area contributed by atoms with Gasteiger partial charge in [0.15, 0.2) is 5.11 Å². The highest BCUT2D eigenvalue weighted by Gasteiger charge is 2.28. The summed E-state index contributed by atoms with van der Waals surface area (Å²) in [5.74, 6) is 0.170. The average Bonchev–Trinajstić information content (AvgIpc) is 3.27. The number of aryl methyl sites for hydroxylation is 1. The number of amides is 1.